The van der Waals surface area contributed by atoms with Gasteiger partial charge in [-0.2, -0.15) is 0 Å². The van der Waals surface area contributed by atoms with Crippen LogP contribution in [-0.4, -0.2) is 27.5 Å². The summed E-state index contributed by atoms with van der Waals surface area (Å²) in [6.07, 6.45) is 0.148. The first kappa shape index (κ1) is 19.2. The number of aromatic amines is 1. The Labute approximate surface area is 149 Å². The monoisotopic (exact) mass is 359 g/mol. The van der Waals surface area contributed by atoms with Gasteiger partial charge in [-0.1, -0.05) is 26.0 Å². The Morgan fingerprint density at radius 2 is 1.77 bits per heavy atom. The van der Waals surface area contributed by atoms with Gasteiger partial charge in [0.25, 0.3) is 11.5 Å². The molecule has 0 aliphatic carbocycles. The first-order chi connectivity index (χ1) is 12.3. The topological polar surface area (TPSA) is 110 Å². The second-order valence-corrected chi connectivity index (χ2v) is 6.14. The van der Waals surface area contributed by atoms with E-state index < -0.39 is 35.8 Å². The number of hydrogen-bond donors (Lipinski definition) is 2. The molecule has 0 fully saturated rings. The number of carbonyl (C=O) groups is 2. The summed E-state index contributed by atoms with van der Waals surface area (Å²) in [6, 6.07) is 8.51. The fourth-order valence-electron chi connectivity index (χ4n) is 2.19. The molecule has 0 bridgehead atoms. The Hall–Kier alpha value is -3.16. The van der Waals surface area contributed by atoms with E-state index in [1.807, 2.05) is 17.1 Å². The Balaban J connectivity index is 1.92. The number of benzene rings is 1. The Morgan fingerprint density at radius 3 is 2.35 bits per heavy atom. The van der Waals surface area contributed by atoms with Crippen LogP contribution in [0.15, 0.2) is 46.1 Å². The van der Waals surface area contributed by atoms with Crippen molar-refractivity contribution >= 4 is 17.6 Å². The van der Waals surface area contributed by atoms with Crippen molar-refractivity contribution in [2.75, 3.05) is 5.32 Å². The maximum atomic E-state index is 12.1. The quantitative estimate of drug-likeness (QED) is 0.754. The van der Waals surface area contributed by atoms with E-state index in [1.165, 1.54) is 13.1 Å². The number of rotatable bonds is 6. The average Bonchev–Trinajstić information content (AvgIpc) is 2.57. The van der Waals surface area contributed by atoms with Crippen LogP contribution in [0.5, 0.6) is 0 Å². The van der Waals surface area contributed by atoms with E-state index in [4.69, 9.17) is 4.74 Å². The van der Waals surface area contributed by atoms with Crippen molar-refractivity contribution in [1.29, 1.82) is 0 Å². The molecule has 1 atom stereocenters. The van der Waals surface area contributed by atoms with Gasteiger partial charge in [0.1, 0.15) is 6.54 Å². The average molecular weight is 359 g/mol. The third-order valence-electron chi connectivity index (χ3n) is 3.72. The van der Waals surface area contributed by atoms with E-state index in [2.05, 4.69) is 19.2 Å². The summed E-state index contributed by atoms with van der Waals surface area (Å²) in [6.45, 7) is 5.17. The van der Waals surface area contributed by atoms with Gasteiger partial charge in [0.2, 0.25) is 0 Å². The lowest BCUT2D eigenvalue weighted by Crippen LogP contribution is -2.34. The number of nitrogens with zero attached hydrogens (tertiary/aromatic N) is 1. The summed E-state index contributed by atoms with van der Waals surface area (Å²) >= 11 is 0. The molecule has 8 nitrogen and oxygen atoms in total. The molecule has 1 heterocycles. The van der Waals surface area contributed by atoms with Gasteiger partial charge in [0.15, 0.2) is 6.10 Å². The van der Waals surface area contributed by atoms with Crippen molar-refractivity contribution in [2.45, 2.75) is 39.3 Å². The number of anilines is 1. The minimum atomic E-state index is -1.04. The molecule has 2 rings (SSSR count). The number of aromatic nitrogens is 2. The number of hydrogen-bond acceptors (Lipinski definition) is 5. The number of ether oxygens (including phenoxy) is 1. The molecule has 0 unspecified atom stereocenters. The molecule has 0 saturated carbocycles. The van der Waals surface area contributed by atoms with E-state index in [1.54, 1.807) is 12.1 Å². The van der Waals surface area contributed by atoms with Crippen molar-refractivity contribution in [3.63, 3.8) is 0 Å². The number of esters is 1. The van der Waals surface area contributed by atoms with E-state index >= 15 is 0 Å². The smallest absolute Gasteiger partial charge is 0.328 e. The third-order valence-corrected chi connectivity index (χ3v) is 3.72. The van der Waals surface area contributed by atoms with Gasteiger partial charge in [-0.3, -0.25) is 23.9 Å². The van der Waals surface area contributed by atoms with Crippen molar-refractivity contribution < 1.29 is 14.3 Å². The molecule has 0 aliphatic heterocycles. The van der Waals surface area contributed by atoms with E-state index in [9.17, 15) is 19.2 Å². The molecule has 0 saturated heterocycles. The van der Waals surface area contributed by atoms with Crippen LogP contribution in [0, 0.1) is 0 Å². The lowest BCUT2D eigenvalue weighted by molar-refractivity contribution is -0.153. The largest absolute Gasteiger partial charge is 0.451 e. The molecular formula is C18H21N3O5. The predicted octanol–water partition coefficient (Wildman–Crippen LogP) is 1.23. The standard InChI is InChI=1S/C18H21N3O5/c1-11(2)13-4-6-14(7-5-13)19-17(24)12(3)26-16(23)10-21-9-8-15(22)20-18(21)25/h4-9,11-12H,10H2,1-3H3,(H,19,24)(H,20,22,25)/t12-/m0/s1. The van der Waals surface area contributed by atoms with Gasteiger partial charge >= 0.3 is 11.7 Å². The van der Waals surface area contributed by atoms with Crippen LogP contribution < -0.4 is 16.6 Å². The molecule has 138 valence electrons. The van der Waals surface area contributed by atoms with Gasteiger partial charge in [0, 0.05) is 18.0 Å². The molecule has 0 spiro atoms. The minimum Gasteiger partial charge on any atom is -0.451 e. The molecule has 1 amide bonds. The Morgan fingerprint density at radius 1 is 1.12 bits per heavy atom. The van der Waals surface area contributed by atoms with Crippen molar-refractivity contribution in [3.8, 4) is 0 Å². The normalized spacial score (nSPS) is 11.8. The molecule has 0 aliphatic rings. The SMILES string of the molecule is CC(C)c1ccc(NC(=O)[C@H](C)OC(=O)Cn2ccc(=O)[nH]c2=O)cc1. The van der Waals surface area contributed by atoms with Gasteiger partial charge in [-0.15, -0.1) is 0 Å². The zero-order chi connectivity index (χ0) is 19.3. The van der Waals surface area contributed by atoms with Gasteiger partial charge in [-0.05, 0) is 30.5 Å². The van der Waals surface area contributed by atoms with E-state index in [0.717, 1.165) is 16.2 Å². The van der Waals surface area contributed by atoms with Gasteiger partial charge in [0.05, 0.1) is 0 Å². The van der Waals surface area contributed by atoms with Crippen molar-refractivity contribution in [1.82, 2.24) is 9.55 Å². The van der Waals surface area contributed by atoms with Crippen LogP contribution in [0.2, 0.25) is 0 Å². The lowest BCUT2D eigenvalue weighted by Gasteiger charge is -2.14. The molecule has 1 aromatic carbocycles. The number of H-pyrrole nitrogens is 1. The zero-order valence-corrected chi connectivity index (χ0v) is 14.8. The van der Waals surface area contributed by atoms with Gasteiger partial charge in [-0.25, -0.2) is 4.79 Å². The number of carbonyl (C=O) groups excluding carboxylic acids is 2. The highest BCUT2D eigenvalue weighted by Gasteiger charge is 2.18. The highest BCUT2D eigenvalue weighted by atomic mass is 16.5. The number of nitrogens with one attached hydrogen (secondary N) is 2. The molecule has 26 heavy (non-hydrogen) atoms. The Bertz CT molecular complexity index is 896. The summed E-state index contributed by atoms with van der Waals surface area (Å²) in [5.41, 5.74) is 0.459. The maximum Gasteiger partial charge on any atom is 0.328 e. The summed E-state index contributed by atoms with van der Waals surface area (Å²) in [4.78, 5) is 48.6. The molecule has 2 aromatic rings. The van der Waals surface area contributed by atoms with E-state index in [-0.39, 0.29) is 0 Å². The summed E-state index contributed by atoms with van der Waals surface area (Å²) in [5.74, 6) is -0.864. The van der Waals surface area contributed by atoms with Crippen LogP contribution in [0.4, 0.5) is 5.69 Å². The van der Waals surface area contributed by atoms with Crippen LogP contribution in [0.1, 0.15) is 32.3 Å². The Kier molecular flexibility index (Phi) is 6.11. The third kappa shape index (κ3) is 5.17. The highest BCUT2D eigenvalue weighted by Crippen LogP contribution is 2.17. The molecule has 2 N–H and O–H groups in total. The maximum absolute atomic E-state index is 12.1. The predicted molar refractivity (Wildman–Crippen MR) is 96.0 cm³/mol. The van der Waals surface area contributed by atoms with Crippen LogP contribution in [0.25, 0.3) is 0 Å². The van der Waals surface area contributed by atoms with Crippen LogP contribution >= 0.6 is 0 Å². The summed E-state index contributed by atoms with van der Waals surface area (Å²) in [5, 5.41) is 2.66. The minimum absolute atomic E-state index is 0.385. The zero-order valence-electron chi connectivity index (χ0n) is 14.8. The summed E-state index contributed by atoms with van der Waals surface area (Å²) < 4.78 is 6.02. The molecule has 8 heteroatoms. The van der Waals surface area contributed by atoms with E-state index in [0.29, 0.717) is 11.6 Å². The van der Waals surface area contributed by atoms with Crippen LogP contribution in [-0.2, 0) is 20.9 Å². The fraction of sp³-hybridized carbons (Fsp3) is 0.333. The number of amides is 1. The van der Waals surface area contributed by atoms with Crippen LogP contribution in [0.3, 0.4) is 0 Å². The fourth-order valence-corrected chi connectivity index (χ4v) is 2.19. The second kappa shape index (κ2) is 8.28. The highest BCUT2D eigenvalue weighted by molar-refractivity contribution is 5.95. The van der Waals surface area contributed by atoms with Crippen molar-refractivity contribution in [2.24, 2.45) is 0 Å². The molecule has 0 radical (unpaired) electrons. The summed E-state index contributed by atoms with van der Waals surface area (Å²) in [7, 11) is 0. The molecule has 1 aromatic heterocycles. The lowest BCUT2D eigenvalue weighted by atomic mass is 10.0. The van der Waals surface area contributed by atoms with Crippen molar-refractivity contribution in [3.05, 3.63) is 62.9 Å². The molecular weight excluding hydrogens is 338 g/mol. The first-order valence-corrected chi connectivity index (χ1v) is 8.16. The second-order valence-electron chi connectivity index (χ2n) is 6.14. The first-order valence-electron chi connectivity index (χ1n) is 8.16. The van der Waals surface area contributed by atoms with Gasteiger partial charge < -0.3 is 10.1 Å².